The van der Waals surface area contributed by atoms with Gasteiger partial charge in [0, 0.05) is 19.3 Å². The summed E-state index contributed by atoms with van der Waals surface area (Å²) in [5.74, 6) is 0.796. The third-order valence-corrected chi connectivity index (χ3v) is 4.00. The monoisotopic (exact) mass is 356 g/mol. The number of carbonyl (C=O) groups is 2. The summed E-state index contributed by atoms with van der Waals surface area (Å²) in [6.07, 6.45) is 13.3. The van der Waals surface area contributed by atoms with Gasteiger partial charge in [0.05, 0.1) is 6.10 Å². The fraction of sp³-hybridized carbons (Fsp3) is 0.478. The zero-order valence-electron chi connectivity index (χ0n) is 16.3. The molecule has 1 saturated carbocycles. The summed E-state index contributed by atoms with van der Waals surface area (Å²) in [6.45, 7) is 5.71. The van der Waals surface area contributed by atoms with Gasteiger partial charge < -0.3 is 4.74 Å². The van der Waals surface area contributed by atoms with Crippen molar-refractivity contribution >= 4 is 17.8 Å². The molecule has 3 heteroatoms. The maximum atomic E-state index is 11.0. The van der Waals surface area contributed by atoms with Crippen LogP contribution in [-0.2, 0) is 14.3 Å². The van der Waals surface area contributed by atoms with Crippen LogP contribution in [0.2, 0.25) is 0 Å². The van der Waals surface area contributed by atoms with Crippen molar-refractivity contribution in [2.45, 2.75) is 65.4 Å². The molecule has 0 aromatic heterocycles. The Bertz CT molecular complexity index is 585. The third kappa shape index (κ3) is 10.7. The van der Waals surface area contributed by atoms with Crippen LogP contribution >= 0.6 is 0 Å². The van der Waals surface area contributed by atoms with Gasteiger partial charge in [-0.15, -0.1) is 0 Å². The highest BCUT2D eigenvalue weighted by Gasteiger charge is 2.19. The Kier molecular flexibility index (Phi) is 11.0. The number of rotatable bonds is 7. The molecule has 1 aliphatic carbocycles. The van der Waals surface area contributed by atoms with Crippen molar-refractivity contribution in [3.63, 3.8) is 0 Å². The molecule has 0 aliphatic heterocycles. The molecule has 0 N–H and O–H groups in total. The zero-order valence-corrected chi connectivity index (χ0v) is 16.3. The number of Topliss-reactive ketones (excluding diaryl/α,β-unsaturated/α-hetero) is 1. The van der Waals surface area contributed by atoms with Gasteiger partial charge in [0.1, 0.15) is 5.78 Å². The first-order valence-electron chi connectivity index (χ1n) is 9.56. The second-order valence-corrected chi connectivity index (χ2v) is 6.81. The van der Waals surface area contributed by atoms with E-state index in [2.05, 4.69) is 30.4 Å². The molecule has 0 saturated heterocycles. The summed E-state index contributed by atoms with van der Waals surface area (Å²) in [7, 11) is 0. The molecule has 26 heavy (non-hydrogen) atoms. The zero-order chi connectivity index (χ0) is 19.2. The van der Waals surface area contributed by atoms with E-state index in [-0.39, 0.29) is 12.1 Å². The molecular formula is C23H32O3. The smallest absolute Gasteiger partial charge is 0.306 e. The molecular weight excluding hydrogens is 324 g/mol. The number of allylic oxidation sites excluding steroid dienone is 3. The van der Waals surface area contributed by atoms with Crippen molar-refractivity contribution in [3.8, 4) is 0 Å². The SMILES string of the molecule is C/C=C\CCCC(=O)OC(C)C.O=C1CCC(/C=C/c2ccccc2)C1. The summed E-state index contributed by atoms with van der Waals surface area (Å²) in [4.78, 5) is 22.0. The van der Waals surface area contributed by atoms with Crippen molar-refractivity contribution < 1.29 is 14.3 Å². The standard InChI is InChI=1S/C13H14O.C10H18O2/c14-13-9-8-12(10-13)7-6-11-4-2-1-3-5-11;1-4-5-6-7-8-10(11)12-9(2)3/h1-7,12H,8-10H2;4-5,9H,6-8H2,1-3H3/b7-6+;5-4-. The molecule has 1 aliphatic rings. The van der Waals surface area contributed by atoms with Gasteiger partial charge in [-0.1, -0.05) is 54.6 Å². The number of carbonyl (C=O) groups excluding carboxylic acids is 2. The largest absolute Gasteiger partial charge is 0.463 e. The minimum absolute atomic E-state index is 0.0132. The Labute approximate surface area is 158 Å². The molecule has 0 bridgehead atoms. The van der Waals surface area contributed by atoms with E-state index < -0.39 is 0 Å². The average molecular weight is 357 g/mol. The molecule has 0 spiro atoms. The Morgan fingerprint density at radius 1 is 1.27 bits per heavy atom. The Hall–Kier alpha value is -2.16. The summed E-state index contributed by atoms with van der Waals surface area (Å²) < 4.78 is 4.97. The predicted molar refractivity (Wildman–Crippen MR) is 108 cm³/mol. The highest BCUT2D eigenvalue weighted by atomic mass is 16.5. The van der Waals surface area contributed by atoms with Gasteiger partial charge in [-0.2, -0.15) is 0 Å². The van der Waals surface area contributed by atoms with Crippen LogP contribution < -0.4 is 0 Å². The fourth-order valence-corrected chi connectivity index (χ4v) is 2.67. The molecule has 1 aromatic rings. The summed E-state index contributed by atoms with van der Waals surface area (Å²) in [5, 5.41) is 0. The number of benzene rings is 1. The van der Waals surface area contributed by atoms with Gasteiger partial charge in [-0.05, 0) is 51.5 Å². The summed E-state index contributed by atoms with van der Waals surface area (Å²) in [6, 6.07) is 10.2. The van der Waals surface area contributed by atoms with Gasteiger partial charge in [0.15, 0.2) is 0 Å². The first kappa shape index (κ1) is 21.9. The third-order valence-electron chi connectivity index (χ3n) is 4.00. The van der Waals surface area contributed by atoms with Crippen molar-refractivity contribution in [3.05, 3.63) is 54.1 Å². The Balaban J connectivity index is 0.000000265. The fourth-order valence-electron chi connectivity index (χ4n) is 2.67. The predicted octanol–water partition coefficient (Wildman–Crippen LogP) is 5.75. The highest BCUT2D eigenvalue weighted by molar-refractivity contribution is 5.81. The van der Waals surface area contributed by atoms with E-state index in [1.54, 1.807) is 0 Å². The molecule has 0 heterocycles. The van der Waals surface area contributed by atoms with E-state index in [9.17, 15) is 9.59 Å². The van der Waals surface area contributed by atoms with Crippen molar-refractivity contribution in [1.82, 2.24) is 0 Å². The van der Waals surface area contributed by atoms with Crippen molar-refractivity contribution in [2.75, 3.05) is 0 Å². The van der Waals surface area contributed by atoms with Crippen LogP contribution in [0.5, 0.6) is 0 Å². The quantitative estimate of drug-likeness (QED) is 0.355. The van der Waals surface area contributed by atoms with E-state index in [0.717, 1.165) is 32.1 Å². The minimum atomic E-state index is -0.0884. The van der Waals surface area contributed by atoms with Crippen LogP contribution in [0.3, 0.4) is 0 Å². The second kappa shape index (κ2) is 13.1. The van der Waals surface area contributed by atoms with Crippen LogP contribution in [0.1, 0.15) is 64.9 Å². The number of hydrogen-bond acceptors (Lipinski definition) is 3. The van der Waals surface area contributed by atoms with E-state index in [0.29, 0.717) is 18.1 Å². The van der Waals surface area contributed by atoms with E-state index in [1.807, 2.05) is 45.0 Å². The summed E-state index contributed by atoms with van der Waals surface area (Å²) in [5.41, 5.74) is 1.21. The lowest BCUT2D eigenvalue weighted by atomic mass is 10.1. The number of ether oxygens (including phenoxy) is 1. The lowest BCUT2D eigenvalue weighted by Gasteiger charge is -2.06. The van der Waals surface area contributed by atoms with Crippen LogP contribution in [0, 0.1) is 5.92 Å². The second-order valence-electron chi connectivity index (χ2n) is 6.81. The summed E-state index contributed by atoms with van der Waals surface area (Å²) >= 11 is 0. The van der Waals surface area contributed by atoms with Crippen LogP contribution in [0.15, 0.2) is 48.6 Å². The molecule has 3 nitrogen and oxygen atoms in total. The van der Waals surface area contributed by atoms with Crippen LogP contribution in [0.4, 0.5) is 0 Å². The van der Waals surface area contributed by atoms with E-state index in [4.69, 9.17) is 4.74 Å². The first-order chi connectivity index (χ1) is 12.5. The van der Waals surface area contributed by atoms with Crippen molar-refractivity contribution in [1.29, 1.82) is 0 Å². The number of esters is 1. The molecule has 142 valence electrons. The van der Waals surface area contributed by atoms with Crippen LogP contribution in [-0.4, -0.2) is 17.9 Å². The number of hydrogen-bond donors (Lipinski definition) is 0. The average Bonchev–Trinajstić information content (AvgIpc) is 3.03. The molecule has 1 unspecified atom stereocenters. The van der Waals surface area contributed by atoms with Gasteiger partial charge in [-0.25, -0.2) is 0 Å². The van der Waals surface area contributed by atoms with Crippen LogP contribution in [0.25, 0.3) is 6.08 Å². The molecule has 0 radical (unpaired) electrons. The number of ketones is 1. The molecule has 1 aromatic carbocycles. The molecule has 0 amide bonds. The van der Waals surface area contributed by atoms with Gasteiger partial charge in [0.2, 0.25) is 0 Å². The highest BCUT2D eigenvalue weighted by Crippen LogP contribution is 2.23. The molecule has 1 fully saturated rings. The maximum Gasteiger partial charge on any atom is 0.306 e. The Morgan fingerprint density at radius 2 is 2.00 bits per heavy atom. The van der Waals surface area contributed by atoms with Gasteiger partial charge in [0.25, 0.3) is 0 Å². The lowest BCUT2D eigenvalue weighted by molar-refractivity contribution is -0.147. The van der Waals surface area contributed by atoms with Gasteiger partial charge >= 0.3 is 5.97 Å². The first-order valence-corrected chi connectivity index (χ1v) is 9.56. The molecule has 1 atom stereocenters. The Morgan fingerprint density at radius 3 is 2.58 bits per heavy atom. The van der Waals surface area contributed by atoms with Crippen molar-refractivity contribution in [2.24, 2.45) is 5.92 Å². The van der Waals surface area contributed by atoms with E-state index >= 15 is 0 Å². The minimum Gasteiger partial charge on any atom is -0.463 e. The van der Waals surface area contributed by atoms with E-state index in [1.165, 1.54) is 5.56 Å². The maximum absolute atomic E-state index is 11.0. The lowest BCUT2D eigenvalue weighted by Crippen LogP contribution is -2.10. The molecule has 2 rings (SSSR count). The number of unbranched alkanes of at least 4 members (excludes halogenated alkanes) is 1. The van der Waals surface area contributed by atoms with Gasteiger partial charge in [-0.3, -0.25) is 9.59 Å². The topological polar surface area (TPSA) is 43.4 Å². The normalized spacial score (nSPS) is 16.9.